The van der Waals surface area contributed by atoms with Crippen LogP contribution in [0.1, 0.15) is 22.5 Å². The molecule has 1 amide bonds. The predicted octanol–water partition coefficient (Wildman–Crippen LogP) is 4.47. The summed E-state index contributed by atoms with van der Waals surface area (Å²) in [4.78, 5) is 12.7. The van der Waals surface area contributed by atoms with Crippen LogP contribution >= 0.6 is 0 Å². The maximum atomic E-state index is 12.7. The molecule has 0 saturated carbocycles. The maximum absolute atomic E-state index is 12.7. The smallest absolute Gasteiger partial charge is 0.260 e. The van der Waals surface area contributed by atoms with Gasteiger partial charge in [-0.15, -0.1) is 0 Å². The summed E-state index contributed by atoms with van der Waals surface area (Å²) in [5, 5.41) is 5.74. The minimum absolute atomic E-state index is 0.382. The molecule has 0 spiro atoms. The first-order valence-electron chi connectivity index (χ1n) is 11.2. The van der Waals surface area contributed by atoms with E-state index in [0.29, 0.717) is 5.69 Å². The summed E-state index contributed by atoms with van der Waals surface area (Å²) in [6, 6.07) is 23.1. The van der Waals surface area contributed by atoms with Crippen molar-refractivity contribution in [2.75, 3.05) is 17.1 Å². The number of hydrogen-bond acceptors (Lipinski definition) is 4. The highest BCUT2D eigenvalue weighted by Gasteiger charge is 2.22. The molecule has 180 valence electrons. The van der Waals surface area contributed by atoms with Crippen LogP contribution in [-0.2, 0) is 14.8 Å². The van der Waals surface area contributed by atoms with E-state index < -0.39 is 15.9 Å². The van der Waals surface area contributed by atoms with Crippen molar-refractivity contribution in [2.24, 2.45) is 5.10 Å². The zero-order chi connectivity index (χ0) is 25.2. The molecule has 35 heavy (non-hydrogen) atoms. The summed E-state index contributed by atoms with van der Waals surface area (Å²) in [5.41, 5.74) is 8.04. The monoisotopic (exact) mass is 488 g/mol. The molecule has 0 bridgehead atoms. The molecule has 0 aliphatic heterocycles. The van der Waals surface area contributed by atoms with Gasteiger partial charge in [0.05, 0.1) is 18.2 Å². The van der Waals surface area contributed by atoms with Gasteiger partial charge in [0, 0.05) is 28.0 Å². The summed E-state index contributed by atoms with van der Waals surface area (Å²) >= 11 is 0. The van der Waals surface area contributed by atoms with Crippen LogP contribution in [0.25, 0.3) is 16.5 Å². The van der Waals surface area contributed by atoms with Crippen molar-refractivity contribution in [1.82, 2.24) is 9.99 Å². The van der Waals surface area contributed by atoms with Crippen molar-refractivity contribution in [3.8, 4) is 5.69 Å². The number of aromatic nitrogens is 1. The van der Waals surface area contributed by atoms with E-state index >= 15 is 0 Å². The first-order valence-corrected chi connectivity index (χ1v) is 13.0. The number of sulfonamides is 1. The lowest BCUT2D eigenvalue weighted by atomic mass is 10.1. The van der Waals surface area contributed by atoms with Crippen LogP contribution < -0.4 is 9.73 Å². The molecule has 0 atom stereocenters. The summed E-state index contributed by atoms with van der Waals surface area (Å²) in [6.07, 6.45) is 2.67. The normalized spacial score (nSPS) is 11.8. The lowest BCUT2D eigenvalue weighted by Crippen LogP contribution is -2.39. The fourth-order valence-corrected chi connectivity index (χ4v) is 5.02. The van der Waals surface area contributed by atoms with E-state index in [4.69, 9.17) is 0 Å². The Morgan fingerprint density at radius 3 is 2.40 bits per heavy atom. The van der Waals surface area contributed by atoms with E-state index in [1.54, 1.807) is 18.3 Å². The molecule has 0 unspecified atom stereocenters. The lowest BCUT2D eigenvalue weighted by molar-refractivity contribution is -0.119. The second-order valence-corrected chi connectivity index (χ2v) is 10.5. The van der Waals surface area contributed by atoms with Crippen molar-refractivity contribution < 1.29 is 13.2 Å². The second-order valence-electron chi connectivity index (χ2n) is 8.56. The number of carbonyl (C=O) groups excluding carboxylic acids is 1. The molecule has 1 heterocycles. The quantitative estimate of drug-likeness (QED) is 0.308. The van der Waals surface area contributed by atoms with Gasteiger partial charge in [-0.05, 0) is 50.4 Å². The number of benzene rings is 3. The molecule has 0 radical (unpaired) electrons. The number of amides is 1. The van der Waals surface area contributed by atoms with E-state index in [1.807, 2.05) is 57.2 Å². The molecule has 1 aromatic heterocycles. The number of hydrogen-bond donors (Lipinski definition) is 1. The average molecular weight is 489 g/mol. The predicted molar refractivity (Wildman–Crippen MR) is 142 cm³/mol. The second kappa shape index (κ2) is 9.76. The summed E-state index contributed by atoms with van der Waals surface area (Å²) in [5.74, 6) is -0.535. The van der Waals surface area contributed by atoms with Gasteiger partial charge in [-0.1, -0.05) is 54.1 Å². The Bertz CT molecular complexity index is 1510. The number of carbonyl (C=O) groups is 1. The first-order chi connectivity index (χ1) is 16.6. The fourth-order valence-electron chi connectivity index (χ4n) is 4.16. The van der Waals surface area contributed by atoms with Gasteiger partial charge < -0.3 is 4.57 Å². The highest BCUT2D eigenvalue weighted by molar-refractivity contribution is 7.92. The van der Waals surface area contributed by atoms with Crippen LogP contribution in [0, 0.1) is 20.8 Å². The van der Waals surface area contributed by atoms with Crippen LogP contribution in [-0.4, -0.2) is 37.9 Å². The molecule has 3 aromatic carbocycles. The minimum atomic E-state index is -3.71. The van der Waals surface area contributed by atoms with E-state index in [-0.39, 0.29) is 6.54 Å². The van der Waals surface area contributed by atoms with Gasteiger partial charge in [0.1, 0.15) is 6.54 Å². The lowest BCUT2D eigenvalue weighted by Gasteiger charge is -2.23. The number of nitrogens with one attached hydrogen (secondary N) is 1. The standard InChI is InChI=1S/C27H28N4O3S/c1-19-12-14-24(15-13-19)31-20(2)16-23(21(31)3)17-28-29-27(32)18-30(35(4,33)34)26-11-7-9-22-8-5-6-10-25(22)26/h5-17H,18H2,1-4H3,(H,29,32)/b28-17-. The van der Waals surface area contributed by atoms with Gasteiger partial charge in [0.2, 0.25) is 10.0 Å². The number of aryl methyl sites for hydroxylation is 2. The van der Waals surface area contributed by atoms with E-state index in [9.17, 15) is 13.2 Å². The largest absolute Gasteiger partial charge is 0.318 e. The summed E-state index contributed by atoms with van der Waals surface area (Å²) < 4.78 is 28.3. The summed E-state index contributed by atoms with van der Waals surface area (Å²) in [7, 11) is -3.71. The van der Waals surface area contributed by atoms with Crippen molar-refractivity contribution in [3.05, 3.63) is 95.3 Å². The van der Waals surface area contributed by atoms with Gasteiger partial charge in [-0.3, -0.25) is 9.10 Å². The van der Waals surface area contributed by atoms with Crippen molar-refractivity contribution >= 4 is 38.6 Å². The van der Waals surface area contributed by atoms with Gasteiger partial charge in [0.25, 0.3) is 5.91 Å². The number of fused-ring (bicyclic) bond motifs is 1. The molecule has 0 saturated heterocycles. The maximum Gasteiger partial charge on any atom is 0.260 e. The number of nitrogens with zero attached hydrogens (tertiary/aromatic N) is 3. The third-order valence-electron chi connectivity index (χ3n) is 5.88. The fraction of sp³-hybridized carbons (Fsp3) is 0.185. The third-order valence-corrected chi connectivity index (χ3v) is 7.00. The minimum Gasteiger partial charge on any atom is -0.318 e. The molecule has 4 aromatic rings. The molecule has 0 aliphatic carbocycles. The highest BCUT2D eigenvalue weighted by atomic mass is 32.2. The Labute approximate surface area is 205 Å². The van der Waals surface area contributed by atoms with Gasteiger partial charge in [0.15, 0.2) is 0 Å². The molecule has 7 nitrogen and oxygen atoms in total. The van der Waals surface area contributed by atoms with Crippen LogP contribution in [0.2, 0.25) is 0 Å². The van der Waals surface area contributed by atoms with Crippen molar-refractivity contribution in [2.45, 2.75) is 20.8 Å². The molecular weight excluding hydrogens is 460 g/mol. The highest BCUT2D eigenvalue weighted by Crippen LogP contribution is 2.28. The van der Waals surface area contributed by atoms with Gasteiger partial charge >= 0.3 is 0 Å². The van der Waals surface area contributed by atoms with E-state index in [0.717, 1.165) is 44.0 Å². The number of rotatable bonds is 7. The van der Waals surface area contributed by atoms with Crippen LogP contribution in [0.15, 0.2) is 77.9 Å². The molecule has 4 rings (SSSR count). The van der Waals surface area contributed by atoms with Crippen LogP contribution in [0.3, 0.4) is 0 Å². The zero-order valence-corrected chi connectivity index (χ0v) is 21.0. The Kier molecular flexibility index (Phi) is 6.75. The van der Waals surface area contributed by atoms with Gasteiger partial charge in [-0.25, -0.2) is 13.8 Å². The Balaban J connectivity index is 1.52. The van der Waals surface area contributed by atoms with Crippen LogP contribution in [0.4, 0.5) is 5.69 Å². The van der Waals surface area contributed by atoms with E-state index in [1.165, 1.54) is 5.56 Å². The SMILES string of the molecule is Cc1ccc(-n2c(C)cc(/C=N\NC(=O)CN(c3cccc4ccccc34)S(C)(=O)=O)c2C)cc1. The Morgan fingerprint density at radius 1 is 1.00 bits per heavy atom. The Morgan fingerprint density at radius 2 is 1.69 bits per heavy atom. The molecule has 0 aliphatic rings. The topological polar surface area (TPSA) is 83.8 Å². The first kappa shape index (κ1) is 24.2. The molecule has 8 heteroatoms. The number of hydrazone groups is 1. The third kappa shape index (κ3) is 5.27. The summed E-state index contributed by atoms with van der Waals surface area (Å²) in [6.45, 7) is 5.66. The molecular formula is C27H28N4O3S. The molecule has 0 fully saturated rings. The molecule has 1 N–H and O–H groups in total. The van der Waals surface area contributed by atoms with Crippen molar-refractivity contribution in [1.29, 1.82) is 0 Å². The average Bonchev–Trinajstić information content (AvgIpc) is 3.10. The van der Waals surface area contributed by atoms with Crippen molar-refractivity contribution in [3.63, 3.8) is 0 Å². The Hall–Kier alpha value is -3.91. The van der Waals surface area contributed by atoms with E-state index in [2.05, 4.69) is 39.4 Å². The van der Waals surface area contributed by atoms with Gasteiger partial charge in [-0.2, -0.15) is 5.10 Å². The van der Waals surface area contributed by atoms with Crippen LogP contribution in [0.5, 0.6) is 0 Å². The number of anilines is 1. The zero-order valence-electron chi connectivity index (χ0n) is 20.2.